The number of ether oxygens (including phenoxy) is 1. The van der Waals surface area contributed by atoms with Crippen LogP contribution >= 0.6 is 0 Å². The third-order valence-corrected chi connectivity index (χ3v) is 5.80. The highest BCUT2D eigenvalue weighted by atomic mass is 16.5. The molecule has 2 unspecified atom stereocenters. The summed E-state index contributed by atoms with van der Waals surface area (Å²) in [6.07, 6.45) is 10.5. The first-order valence-corrected chi connectivity index (χ1v) is 11.1. The molecular weight excluding hydrogens is 352 g/mol. The number of rotatable bonds is 7. The van der Waals surface area contributed by atoms with Crippen molar-refractivity contribution in [2.45, 2.75) is 58.1 Å². The quantitative estimate of drug-likeness (QED) is 0.572. The number of aryl methyl sites for hydroxylation is 1. The van der Waals surface area contributed by atoms with Gasteiger partial charge in [0.1, 0.15) is 6.10 Å². The van der Waals surface area contributed by atoms with Crippen LogP contribution in [0.2, 0.25) is 0 Å². The lowest BCUT2D eigenvalue weighted by Crippen LogP contribution is -2.49. The van der Waals surface area contributed by atoms with E-state index in [1.807, 2.05) is 24.1 Å². The maximum absolute atomic E-state index is 6.01. The zero-order valence-corrected chi connectivity index (χ0v) is 17.9. The number of aromatic nitrogens is 2. The average molecular weight is 391 g/mol. The summed E-state index contributed by atoms with van der Waals surface area (Å²) in [7, 11) is 1.95. The summed E-state index contributed by atoms with van der Waals surface area (Å²) in [5.74, 6) is 1.03. The van der Waals surface area contributed by atoms with Crippen LogP contribution in [0.25, 0.3) is 0 Å². The van der Waals surface area contributed by atoms with Crippen LogP contribution in [0.1, 0.15) is 57.6 Å². The summed E-state index contributed by atoms with van der Waals surface area (Å²) < 4.78 is 7.84. The maximum Gasteiger partial charge on any atom is 0.194 e. The van der Waals surface area contributed by atoms with Crippen LogP contribution < -0.4 is 5.32 Å². The van der Waals surface area contributed by atoms with Crippen molar-refractivity contribution in [2.24, 2.45) is 12.0 Å². The highest BCUT2D eigenvalue weighted by molar-refractivity contribution is 5.80. The van der Waals surface area contributed by atoms with E-state index in [0.29, 0.717) is 6.04 Å². The smallest absolute Gasteiger partial charge is 0.194 e. The summed E-state index contributed by atoms with van der Waals surface area (Å²) >= 11 is 0. The first-order chi connectivity index (χ1) is 13.7. The van der Waals surface area contributed by atoms with Gasteiger partial charge in [-0.2, -0.15) is 5.10 Å². The van der Waals surface area contributed by atoms with E-state index in [-0.39, 0.29) is 6.10 Å². The minimum Gasteiger partial charge on any atom is -0.370 e. The predicted molar refractivity (Wildman–Crippen MR) is 114 cm³/mol. The lowest BCUT2D eigenvalue weighted by Gasteiger charge is -2.37. The summed E-state index contributed by atoms with van der Waals surface area (Å²) in [5, 5.41) is 7.80. The number of morpholine rings is 1. The predicted octanol–water partition coefficient (Wildman–Crippen LogP) is 2.41. The van der Waals surface area contributed by atoms with Crippen molar-refractivity contribution < 1.29 is 4.74 Å². The van der Waals surface area contributed by atoms with Gasteiger partial charge in [0.25, 0.3) is 0 Å². The van der Waals surface area contributed by atoms with Gasteiger partial charge in [-0.15, -0.1) is 0 Å². The number of hydrogen-bond acceptors (Lipinski definition) is 4. The molecule has 1 aromatic heterocycles. The molecule has 0 aliphatic carbocycles. The molecule has 0 radical (unpaired) electrons. The fourth-order valence-electron chi connectivity index (χ4n) is 4.19. The first kappa shape index (κ1) is 21.1. The molecule has 0 aromatic carbocycles. The number of nitrogens with zero attached hydrogens (tertiary/aromatic N) is 5. The normalized spacial score (nSPS) is 24.5. The Morgan fingerprint density at radius 3 is 2.96 bits per heavy atom. The van der Waals surface area contributed by atoms with Gasteiger partial charge in [0.05, 0.1) is 25.9 Å². The van der Waals surface area contributed by atoms with E-state index in [2.05, 4.69) is 34.1 Å². The molecule has 0 spiro atoms. The van der Waals surface area contributed by atoms with Crippen molar-refractivity contribution in [1.29, 1.82) is 0 Å². The van der Waals surface area contributed by atoms with Gasteiger partial charge in [0.15, 0.2) is 5.96 Å². The minimum atomic E-state index is 0.0574. The van der Waals surface area contributed by atoms with Crippen LogP contribution in [-0.2, 0) is 11.8 Å². The fourth-order valence-corrected chi connectivity index (χ4v) is 4.19. The highest BCUT2D eigenvalue weighted by Gasteiger charge is 2.26. The Balaban J connectivity index is 1.64. The number of likely N-dealkylation sites (tertiary alicyclic amines) is 1. The molecule has 7 nitrogen and oxygen atoms in total. The van der Waals surface area contributed by atoms with Gasteiger partial charge >= 0.3 is 0 Å². The molecule has 0 bridgehead atoms. The standard InChI is InChI=1S/C21H38N6O/c1-4-6-10-26-11-8-7-9-19(26)15-23-21(22-5-2)27-12-13-28-20(17-27)18-14-24-25(3)16-18/h14,16,19-20H,4-13,15,17H2,1-3H3,(H,22,23). The minimum absolute atomic E-state index is 0.0574. The van der Waals surface area contributed by atoms with Gasteiger partial charge in [0.2, 0.25) is 0 Å². The molecule has 7 heteroatoms. The molecule has 3 heterocycles. The van der Waals surface area contributed by atoms with Gasteiger partial charge in [-0.1, -0.05) is 19.8 Å². The molecule has 158 valence electrons. The van der Waals surface area contributed by atoms with Gasteiger partial charge in [-0.25, -0.2) is 0 Å². The Kier molecular flexibility index (Phi) is 8.15. The molecule has 1 aromatic rings. The third kappa shape index (κ3) is 5.70. The Labute approximate surface area is 170 Å². The molecule has 2 atom stereocenters. The molecule has 1 N–H and O–H groups in total. The molecule has 28 heavy (non-hydrogen) atoms. The van der Waals surface area contributed by atoms with Gasteiger partial charge < -0.3 is 15.0 Å². The fraction of sp³-hybridized carbons (Fsp3) is 0.810. The maximum atomic E-state index is 6.01. The van der Waals surface area contributed by atoms with Crippen LogP contribution in [0.3, 0.4) is 0 Å². The van der Waals surface area contributed by atoms with Gasteiger partial charge in [-0.05, 0) is 39.3 Å². The summed E-state index contributed by atoms with van der Waals surface area (Å²) in [5.41, 5.74) is 1.14. The second-order valence-electron chi connectivity index (χ2n) is 7.99. The molecular formula is C21H38N6O. The molecule has 3 rings (SSSR count). The SMILES string of the molecule is CCCCN1CCCCC1CN=C(NCC)N1CCOC(c2cnn(C)c2)C1. The molecule has 2 aliphatic rings. The Hall–Kier alpha value is -1.60. The van der Waals surface area contributed by atoms with Crippen LogP contribution in [0.15, 0.2) is 17.4 Å². The second-order valence-corrected chi connectivity index (χ2v) is 7.99. The van der Waals surface area contributed by atoms with Crippen molar-refractivity contribution in [3.8, 4) is 0 Å². The Morgan fingerprint density at radius 1 is 1.32 bits per heavy atom. The number of unbranched alkanes of at least 4 members (excludes halogenated alkanes) is 1. The average Bonchev–Trinajstić information content (AvgIpc) is 3.16. The number of guanidine groups is 1. The molecule has 0 saturated carbocycles. The van der Waals surface area contributed by atoms with E-state index >= 15 is 0 Å². The van der Waals surface area contributed by atoms with Crippen molar-refractivity contribution in [3.05, 3.63) is 18.0 Å². The van der Waals surface area contributed by atoms with E-state index < -0.39 is 0 Å². The molecule has 2 aliphatic heterocycles. The van der Waals surface area contributed by atoms with Crippen LogP contribution in [-0.4, -0.2) is 77.5 Å². The van der Waals surface area contributed by atoms with Gasteiger partial charge in [0, 0.05) is 37.9 Å². The van der Waals surface area contributed by atoms with Crippen molar-refractivity contribution in [1.82, 2.24) is 24.9 Å². The van der Waals surface area contributed by atoms with E-state index in [4.69, 9.17) is 9.73 Å². The van der Waals surface area contributed by atoms with E-state index in [1.54, 1.807) is 0 Å². The van der Waals surface area contributed by atoms with E-state index in [0.717, 1.165) is 44.3 Å². The topological polar surface area (TPSA) is 57.9 Å². The van der Waals surface area contributed by atoms with Crippen LogP contribution in [0.4, 0.5) is 0 Å². The van der Waals surface area contributed by atoms with Crippen molar-refractivity contribution in [3.63, 3.8) is 0 Å². The third-order valence-electron chi connectivity index (χ3n) is 5.80. The first-order valence-electron chi connectivity index (χ1n) is 11.1. The number of aliphatic imine (C=N–C) groups is 1. The monoisotopic (exact) mass is 390 g/mol. The summed E-state index contributed by atoms with van der Waals surface area (Å²) in [4.78, 5) is 10.1. The van der Waals surface area contributed by atoms with Crippen molar-refractivity contribution >= 4 is 5.96 Å². The second kappa shape index (κ2) is 10.8. The van der Waals surface area contributed by atoms with Crippen LogP contribution in [0.5, 0.6) is 0 Å². The zero-order chi connectivity index (χ0) is 19.8. The molecule has 2 fully saturated rings. The highest BCUT2D eigenvalue weighted by Crippen LogP contribution is 2.22. The largest absolute Gasteiger partial charge is 0.370 e. The lowest BCUT2D eigenvalue weighted by atomic mass is 10.0. The molecule has 0 amide bonds. The zero-order valence-electron chi connectivity index (χ0n) is 17.9. The Bertz CT molecular complexity index is 616. The number of piperidine rings is 1. The van der Waals surface area contributed by atoms with Gasteiger partial charge in [-0.3, -0.25) is 14.6 Å². The number of hydrogen-bond donors (Lipinski definition) is 1. The number of nitrogens with one attached hydrogen (secondary N) is 1. The molecule has 2 saturated heterocycles. The van der Waals surface area contributed by atoms with E-state index in [1.165, 1.54) is 45.2 Å². The van der Waals surface area contributed by atoms with Crippen LogP contribution in [0, 0.1) is 0 Å². The lowest BCUT2D eigenvalue weighted by molar-refractivity contribution is -0.00810. The van der Waals surface area contributed by atoms with E-state index in [9.17, 15) is 0 Å². The van der Waals surface area contributed by atoms with Crippen molar-refractivity contribution in [2.75, 3.05) is 45.9 Å². The Morgan fingerprint density at radius 2 is 2.21 bits per heavy atom. The summed E-state index contributed by atoms with van der Waals surface area (Å²) in [6.45, 7) is 11.1. The summed E-state index contributed by atoms with van der Waals surface area (Å²) in [6, 6.07) is 0.587.